The second kappa shape index (κ2) is 6.06. The molecule has 7 nitrogen and oxygen atoms in total. The van der Waals surface area contributed by atoms with Crippen molar-refractivity contribution in [3.8, 4) is 0 Å². The number of sulfonamides is 1. The number of hydrogen-bond acceptors (Lipinski definition) is 4. The van der Waals surface area contributed by atoms with E-state index < -0.39 is 10.0 Å². The highest BCUT2D eigenvalue weighted by atomic mass is 32.2. The molecule has 1 heterocycles. The summed E-state index contributed by atoms with van der Waals surface area (Å²) in [7, 11) is -3.80. The van der Waals surface area contributed by atoms with Gasteiger partial charge in [0.25, 0.3) is 0 Å². The predicted molar refractivity (Wildman–Crippen MR) is 78.0 cm³/mol. The highest BCUT2D eigenvalue weighted by Crippen LogP contribution is 2.19. The number of benzene rings is 1. The molecule has 0 aliphatic carbocycles. The van der Waals surface area contributed by atoms with Crippen LogP contribution in [0.2, 0.25) is 0 Å². The van der Waals surface area contributed by atoms with Crippen LogP contribution in [0.15, 0.2) is 41.6 Å². The number of anilines is 1. The van der Waals surface area contributed by atoms with E-state index in [0.717, 1.165) is 0 Å². The molecule has 0 unspecified atom stereocenters. The molecule has 0 fully saturated rings. The Hall–Kier alpha value is -2.19. The smallest absolute Gasteiger partial charge is 0.238 e. The molecule has 0 spiro atoms. The molecule has 112 valence electrons. The van der Waals surface area contributed by atoms with Gasteiger partial charge in [0.1, 0.15) is 0 Å². The van der Waals surface area contributed by atoms with Crippen molar-refractivity contribution in [3.05, 3.63) is 42.2 Å². The first-order valence-corrected chi connectivity index (χ1v) is 7.81. The molecular formula is C13H16N4O3S. The van der Waals surface area contributed by atoms with Crippen LogP contribution in [0.5, 0.6) is 0 Å². The van der Waals surface area contributed by atoms with Crippen molar-refractivity contribution in [3.63, 3.8) is 0 Å². The summed E-state index contributed by atoms with van der Waals surface area (Å²) >= 11 is 0. The number of carbonyl (C=O) groups is 1. The highest BCUT2D eigenvalue weighted by molar-refractivity contribution is 7.89. The van der Waals surface area contributed by atoms with Crippen LogP contribution in [0.25, 0.3) is 0 Å². The molecular weight excluding hydrogens is 292 g/mol. The Morgan fingerprint density at radius 3 is 2.81 bits per heavy atom. The number of rotatable bonds is 5. The third-order valence-corrected chi connectivity index (χ3v) is 3.96. The van der Waals surface area contributed by atoms with E-state index in [9.17, 15) is 13.2 Å². The summed E-state index contributed by atoms with van der Waals surface area (Å²) in [5.41, 5.74) is 0.933. The molecule has 0 atom stereocenters. The van der Waals surface area contributed by atoms with Gasteiger partial charge < -0.3 is 5.32 Å². The van der Waals surface area contributed by atoms with Crippen molar-refractivity contribution in [1.29, 1.82) is 0 Å². The lowest BCUT2D eigenvalue weighted by molar-refractivity contribution is -0.116. The number of nitrogens with one attached hydrogen (secondary N) is 1. The zero-order valence-corrected chi connectivity index (χ0v) is 12.3. The lowest BCUT2D eigenvalue weighted by Crippen LogP contribution is -2.17. The average molecular weight is 308 g/mol. The normalized spacial score (nSPS) is 11.3. The molecule has 1 aromatic heterocycles. The van der Waals surface area contributed by atoms with Crippen LogP contribution in [-0.2, 0) is 21.4 Å². The average Bonchev–Trinajstić information content (AvgIpc) is 2.90. The number of nitrogens with two attached hydrogens (primary N) is 1. The molecule has 0 radical (unpaired) electrons. The zero-order chi connectivity index (χ0) is 15.5. The van der Waals surface area contributed by atoms with E-state index in [2.05, 4.69) is 10.4 Å². The fourth-order valence-electron chi connectivity index (χ4n) is 1.86. The van der Waals surface area contributed by atoms with E-state index in [1.165, 1.54) is 6.07 Å². The van der Waals surface area contributed by atoms with Crippen molar-refractivity contribution >= 4 is 21.6 Å². The summed E-state index contributed by atoms with van der Waals surface area (Å²) in [5.74, 6) is -0.227. The van der Waals surface area contributed by atoms with Crippen molar-refractivity contribution in [2.24, 2.45) is 5.14 Å². The highest BCUT2D eigenvalue weighted by Gasteiger charge is 2.13. The number of aromatic nitrogens is 2. The Labute approximate surface area is 122 Å². The molecule has 0 bridgehead atoms. The minimum Gasteiger partial charge on any atom is -0.326 e. The monoisotopic (exact) mass is 308 g/mol. The van der Waals surface area contributed by atoms with Gasteiger partial charge in [0.15, 0.2) is 0 Å². The molecule has 0 aliphatic heterocycles. The van der Waals surface area contributed by atoms with Gasteiger partial charge in [0.05, 0.1) is 4.90 Å². The van der Waals surface area contributed by atoms with Crippen molar-refractivity contribution in [2.45, 2.75) is 24.8 Å². The van der Waals surface area contributed by atoms with Gasteiger partial charge in [-0.25, -0.2) is 13.6 Å². The first-order valence-electron chi connectivity index (χ1n) is 6.27. The van der Waals surface area contributed by atoms with Gasteiger partial charge in [-0.1, -0.05) is 6.07 Å². The molecule has 1 aromatic carbocycles. The number of carbonyl (C=O) groups excluding carboxylic acids is 1. The van der Waals surface area contributed by atoms with Gasteiger partial charge in [-0.3, -0.25) is 9.48 Å². The molecule has 0 saturated carbocycles. The molecule has 3 N–H and O–H groups in total. The topological polar surface area (TPSA) is 107 Å². The second-order valence-corrected chi connectivity index (χ2v) is 6.12. The molecule has 2 aromatic rings. The summed E-state index contributed by atoms with van der Waals surface area (Å²) < 4.78 is 24.5. The Kier molecular flexibility index (Phi) is 4.39. The van der Waals surface area contributed by atoms with Crippen LogP contribution in [0.4, 0.5) is 5.69 Å². The standard InChI is InChI=1S/C13H16N4O3S/c1-10-3-4-11(9-12(10)21(14,19)20)16-13(18)5-8-17-7-2-6-15-17/h2-4,6-7,9H,5,8H2,1H3,(H,16,18)(H2,14,19,20). The van der Waals surface area contributed by atoms with Crippen molar-refractivity contribution < 1.29 is 13.2 Å². The maximum Gasteiger partial charge on any atom is 0.238 e. The second-order valence-electron chi connectivity index (χ2n) is 4.59. The van der Waals surface area contributed by atoms with Gasteiger partial charge in [-0.15, -0.1) is 0 Å². The number of nitrogens with zero attached hydrogens (tertiary/aromatic N) is 2. The lowest BCUT2D eigenvalue weighted by Gasteiger charge is -2.09. The van der Waals surface area contributed by atoms with E-state index in [0.29, 0.717) is 17.8 Å². The van der Waals surface area contributed by atoms with E-state index >= 15 is 0 Å². The fourth-order valence-corrected chi connectivity index (χ4v) is 2.66. The first kappa shape index (κ1) is 15.2. The van der Waals surface area contributed by atoms with Crippen LogP contribution >= 0.6 is 0 Å². The van der Waals surface area contributed by atoms with Gasteiger partial charge >= 0.3 is 0 Å². The Morgan fingerprint density at radius 2 is 2.19 bits per heavy atom. The summed E-state index contributed by atoms with van der Waals surface area (Å²) in [6.45, 7) is 2.09. The van der Waals surface area contributed by atoms with Crippen LogP contribution in [-0.4, -0.2) is 24.1 Å². The molecule has 21 heavy (non-hydrogen) atoms. The number of aryl methyl sites for hydroxylation is 2. The summed E-state index contributed by atoms with van der Waals surface area (Å²) in [5, 5.41) is 11.8. The SMILES string of the molecule is Cc1ccc(NC(=O)CCn2cccn2)cc1S(N)(=O)=O. The zero-order valence-electron chi connectivity index (χ0n) is 11.5. The maximum atomic E-state index is 11.8. The Bertz CT molecular complexity index is 739. The van der Waals surface area contributed by atoms with E-state index in [1.807, 2.05) is 0 Å². The third-order valence-electron chi connectivity index (χ3n) is 2.91. The quantitative estimate of drug-likeness (QED) is 0.854. The van der Waals surface area contributed by atoms with Crippen LogP contribution in [0, 0.1) is 6.92 Å². The lowest BCUT2D eigenvalue weighted by atomic mass is 10.2. The summed E-state index contributed by atoms with van der Waals surface area (Å²) in [4.78, 5) is 11.8. The number of amides is 1. The molecule has 2 rings (SSSR count). The fraction of sp³-hybridized carbons (Fsp3) is 0.231. The van der Waals surface area contributed by atoms with Crippen LogP contribution in [0.3, 0.4) is 0 Å². The number of primary sulfonamides is 1. The molecule has 8 heteroatoms. The van der Waals surface area contributed by atoms with E-state index in [1.54, 1.807) is 42.2 Å². The van der Waals surface area contributed by atoms with Gasteiger partial charge in [0, 0.05) is 31.0 Å². The summed E-state index contributed by atoms with van der Waals surface area (Å²) in [6, 6.07) is 6.37. The minimum absolute atomic E-state index is 0.00683. The Balaban J connectivity index is 2.04. The van der Waals surface area contributed by atoms with Crippen molar-refractivity contribution in [1.82, 2.24) is 9.78 Å². The molecule has 1 amide bonds. The summed E-state index contributed by atoms with van der Waals surface area (Å²) in [6.07, 6.45) is 3.63. The van der Waals surface area contributed by atoms with Crippen molar-refractivity contribution in [2.75, 3.05) is 5.32 Å². The van der Waals surface area contributed by atoms with Gasteiger partial charge in [-0.2, -0.15) is 5.10 Å². The largest absolute Gasteiger partial charge is 0.326 e. The van der Waals surface area contributed by atoms with Gasteiger partial charge in [-0.05, 0) is 30.7 Å². The van der Waals surface area contributed by atoms with Gasteiger partial charge in [0.2, 0.25) is 15.9 Å². The van der Waals surface area contributed by atoms with E-state index in [4.69, 9.17) is 5.14 Å². The maximum absolute atomic E-state index is 11.8. The number of hydrogen-bond donors (Lipinski definition) is 2. The Morgan fingerprint density at radius 1 is 1.43 bits per heavy atom. The van der Waals surface area contributed by atoms with Crippen LogP contribution < -0.4 is 10.5 Å². The third kappa shape index (κ3) is 4.14. The molecule has 0 aliphatic rings. The minimum atomic E-state index is -3.80. The predicted octanol–water partition coefficient (Wildman–Crippen LogP) is 0.868. The van der Waals surface area contributed by atoms with E-state index in [-0.39, 0.29) is 17.2 Å². The first-order chi connectivity index (χ1) is 9.86. The molecule has 0 saturated heterocycles. The van der Waals surface area contributed by atoms with Crippen LogP contribution in [0.1, 0.15) is 12.0 Å².